The molecule has 0 spiro atoms. The summed E-state index contributed by atoms with van der Waals surface area (Å²) >= 11 is 0. The summed E-state index contributed by atoms with van der Waals surface area (Å²) in [6.45, 7) is 8.68. The van der Waals surface area contributed by atoms with E-state index in [1.807, 2.05) is 6.92 Å². The number of amides is 1. The predicted octanol–water partition coefficient (Wildman–Crippen LogP) is 0.601. The zero-order valence-corrected chi connectivity index (χ0v) is 10.5. The number of carbonyl (C=O) groups excluding carboxylic acids is 1. The summed E-state index contributed by atoms with van der Waals surface area (Å²) in [6, 6.07) is -0.846. The van der Waals surface area contributed by atoms with Crippen molar-refractivity contribution in [3.63, 3.8) is 0 Å². The largest absolute Gasteiger partial charge is 0.480 e. The van der Waals surface area contributed by atoms with E-state index in [4.69, 9.17) is 5.11 Å². The summed E-state index contributed by atoms with van der Waals surface area (Å²) in [5, 5.41) is 14.5. The van der Waals surface area contributed by atoms with Crippen LogP contribution >= 0.6 is 0 Å². The van der Waals surface area contributed by atoms with Crippen LogP contribution < -0.4 is 10.6 Å². The third-order valence-electron chi connectivity index (χ3n) is 2.20. The van der Waals surface area contributed by atoms with E-state index < -0.39 is 17.4 Å². The zero-order valence-electron chi connectivity index (χ0n) is 10.5. The molecule has 0 unspecified atom stereocenters. The molecule has 0 fully saturated rings. The van der Waals surface area contributed by atoms with Crippen molar-refractivity contribution in [3.05, 3.63) is 0 Å². The first kappa shape index (κ1) is 14.9. The Kier molecular flexibility index (Phi) is 6.03. The number of aliphatic carboxylic acids is 1. The van der Waals surface area contributed by atoms with Crippen LogP contribution in [-0.2, 0) is 9.59 Å². The topological polar surface area (TPSA) is 78.4 Å². The molecule has 0 aliphatic carbocycles. The minimum atomic E-state index is -0.996. The smallest absolute Gasteiger partial charge is 0.326 e. The van der Waals surface area contributed by atoms with E-state index in [1.165, 1.54) is 0 Å². The van der Waals surface area contributed by atoms with E-state index in [2.05, 4.69) is 10.6 Å². The van der Waals surface area contributed by atoms with Crippen molar-refractivity contribution < 1.29 is 14.7 Å². The maximum absolute atomic E-state index is 11.5. The lowest BCUT2D eigenvalue weighted by molar-refractivity contribution is -0.144. The second kappa shape index (κ2) is 6.48. The molecular weight excluding hydrogens is 208 g/mol. The van der Waals surface area contributed by atoms with Crippen LogP contribution in [0.1, 0.15) is 34.1 Å². The molecule has 1 amide bonds. The lowest BCUT2D eigenvalue weighted by atomic mass is 9.86. The molecule has 0 aromatic rings. The number of nitrogens with one attached hydrogen (secondary N) is 2. The number of hydrogen-bond acceptors (Lipinski definition) is 3. The van der Waals surface area contributed by atoms with Gasteiger partial charge in [-0.15, -0.1) is 0 Å². The summed E-state index contributed by atoms with van der Waals surface area (Å²) < 4.78 is 0. The first-order valence-corrected chi connectivity index (χ1v) is 5.52. The molecule has 0 aliphatic rings. The minimum absolute atomic E-state index is 0.233. The summed E-state index contributed by atoms with van der Waals surface area (Å²) in [4.78, 5) is 22.4. The Balaban J connectivity index is 4.21. The minimum Gasteiger partial charge on any atom is -0.480 e. The van der Waals surface area contributed by atoms with Gasteiger partial charge in [0.1, 0.15) is 6.04 Å². The standard InChI is InChI=1S/C11H22N2O3/c1-5-12-7-6-8(14)13-9(10(15)16)11(2,3)4/h9,12H,5-7H2,1-4H3,(H,13,14)(H,15,16)/t9-/m1/s1. The molecule has 0 aromatic heterocycles. The molecule has 94 valence electrons. The fraction of sp³-hybridized carbons (Fsp3) is 0.818. The molecule has 5 nitrogen and oxygen atoms in total. The van der Waals surface area contributed by atoms with Crippen LogP contribution in [0.15, 0.2) is 0 Å². The Bertz CT molecular complexity index is 246. The first-order valence-electron chi connectivity index (χ1n) is 5.52. The van der Waals surface area contributed by atoms with E-state index in [0.29, 0.717) is 13.0 Å². The van der Waals surface area contributed by atoms with E-state index >= 15 is 0 Å². The van der Waals surface area contributed by atoms with Crippen LogP contribution in [0, 0.1) is 5.41 Å². The van der Waals surface area contributed by atoms with Crippen LogP contribution in [0.2, 0.25) is 0 Å². The molecule has 5 heteroatoms. The summed E-state index contributed by atoms with van der Waals surface area (Å²) in [7, 11) is 0. The first-order chi connectivity index (χ1) is 7.29. The van der Waals surface area contributed by atoms with E-state index in [0.717, 1.165) is 6.54 Å². The highest BCUT2D eigenvalue weighted by atomic mass is 16.4. The summed E-state index contributed by atoms with van der Waals surface area (Å²) in [6.07, 6.45) is 0.299. The molecule has 1 atom stereocenters. The Morgan fingerprint density at radius 2 is 1.88 bits per heavy atom. The lowest BCUT2D eigenvalue weighted by Gasteiger charge is -2.27. The van der Waals surface area contributed by atoms with Gasteiger partial charge in [-0.3, -0.25) is 4.79 Å². The monoisotopic (exact) mass is 230 g/mol. The Morgan fingerprint density at radius 1 is 1.31 bits per heavy atom. The van der Waals surface area contributed by atoms with Gasteiger partial charge in [-0.05, 0) is 12.0 Å². The average molecular weight is 230 g/mol. The highest BCUT2D eigenvalue weighted by Gasteiger charge is 2.32. The second-order valence-electron chi connectivity index (χ2n) is 4.81. The molecule has 3 N–H and O–H groups in total. The number of carbonyl (C=O) groups is 2. The summed E-state index contributed by atoms with van der Waals surface area (Å²) in [5.41, 5.74) is -0.486. The van der Waals surface area contributed by atoms with Gasteiger partial charge in [-0.2, -0.15) is 0 Å². The van der Waals surface area contributed by atoms with Crippen molar-refractivity contribution in [3.8, 4) is 0 Å². The molecular formula is C11H22N2O3. The highest BCUT2D eigenvalue weighted by molar-refractivity contribution is 5.84. The molecule has 0 saturated heterocycles. The molecule has 16 heavy (non-hydrogen) atoms. The number of hydrogen-bond donors (Lipinski definition) is 3. The zero-order chi connectivity index (χ0) is 12.8. The Hall–Kier alpha value is -1.10. The van der Waals surface area contributed by atoms with Crippen LogP contribution in [0.5, 0.6) is 0 Å². The van der Waals surface area contributed by atoms with Gasteiger partial charge >= 0.3 is 5.97 Å². The van der Waals surface area contributed by atoms with Crippen molar-refractivity contribution in [2.75, 3.05) is 13.1 Å². The molecule has 0 radical (unpaired) electrons. The van der Waals surface area contributed by atoms with Crippen molar-refractivity contribution in [1.29, 1.82) is 0 Å². The SMILES string of the molecule is CCNCCC(=O)N[C@H](C(=O)O)C(C)(C)C. The molecule has 0 bridgehead atoms. The Morgan fingerprint density at radius 3 is 2.25 bits per heavy atom. The third kappa shape index (κ3) is 5.70. The molecule has 0 aromatic carbocycles. The fourth-order valence-corrected chi connectivity index (χ4v) is 1.26. The van der Waals surface area contributed by atoms with Gasteiger partial charge in [0.15, 0.2) is 0 Å². The highest BCUT2D eigenvalue weighted by Crippen LogP contribution is 2.19. The van der Waals surface area contributed by atoms with E-state index in [-0.39, 0.29) is 5.91 Å². The van der Waals surface area contributed by atoms with Gasteiger partial charge < -0.3 is 15.7 Å². The maximum atomic E-state index is 11.5. The van der Waals surface area contributed by atoms with Crippen LogP contribution in [0.4, 0.5) is 0 Å². The number of rotatable bonds is 6. The van der Waals surface area contributed by atoms with E-state index in [9.17, 15) is 9.59 Å². The van der Waals surface area contributed by atoms with Gasteiger partial charge in [0.25, 0.3) is 0 Å². The predicted molar refractivity (Wildman–Crippen MR) is 62.2 cm³/mol. The van der Waals surface area contributed by atoms with Crippen molar-refractivity contribution in [1.82, 2.24) is 10.6 Å². The maximum Gasteiger partial charge on any atom is 0.326 e. The van der Waals surface area contributed by atoms with Gasteiger partial charge in [0.05, 0.1) is 0 Å². The molecule has 0 saturated carbocycles. The van der Waals surface area contributed by atoms with Gasteiger partial charge in [-0.1, -0.05) is 27.7 Å². The van der Waals surface area contributed by atoms with Gasteiger partial charge in [0.2, 0.25) is 5.91 Å². The van der Waals surface area contributed by atoms with Gasteiger partial charge in [-0.25, -0.2) is 4.79 Å². The molecule has 0 heterocycles. The van der Waals surface area contributed by atoms with E-state index in [1.54, 1.807) is 20.8 Å². The summed E-state index contributed by atoms with van der Waals surface area (Å²) in [5.74, 6) is -1.23. The fourth-order valence-electron chi connectivity index (χ4n) is 1.26. The van der Waals surface area contributed by atoms with Crippen molar-refractivity contribution in [2.45, 2.75) is 40.2 Å². The third-order valence-corrected chi connectivity index (χ3v) is 2.20. The normalized spacial score (nSPS) is 13.2. The average Bonchev–Trinajstić information content (AvgIpc) is 2.12. The second-order valence-corrected chi connectivity index (χ2v) is 4.81. The number of carboxylic acids is 1. The molecule has 0 rings (SSSR count). The quantitative estimate of drug-likeness (QED) is 0.584. The van der Waals surface area contributed by atoms with Crippen molar-refractivity contribution >= 4 is 11.9 Å². The van der Waals surface area contributed by atoms with Crippen LogP contribution in [-0.4, -0.2) is 36.1 Å². The van der Waals surface area contributed by atoms with Gasteiger partial charge in [0, 0.05) is 13.0 Å². The lowest BCUT2D eigenvalue weighted by Crippen LogP contribution is -2.49. The van der Waals surface area contributed by atoms with Crippen LogP contribution in [0.3, 0.4) is 0 Å². The molecule has 0 aliphatic heterocycles. The van der Waals surface area contributed by atoms with Crippen LogP contribution in [0.25, 0.3) is 0 Å². The Labute approximate surface area is 96.6 Å². The number of carboxylic acid groups (broad SMARTS) is 1. The van der Waals surface area contributed by atoms with Crippen molar-refractivity contribution in [2.24, 2.45) is 5.41 Å².